The maximum Gasteiger partial charge on any atom is 0.129 e. The molecule has 4 heteroatoms. The van der Waals surface area contributed by atoms with Crippen LogP contribution in [0.3, 0.4) is 0 Å². The van der Waals surface area contributed by atoms with Crippen molar-refractivity contribution in [3.63, 3.8) is 0 Å². The fourth-order valence-electron chi connectivity index (χ4n) is 2.12. The van der Waals surface area contributed by atoms with Crippen LogP contribution < -0.4 is 4.90 Å². The predicted octanol–water partition coefficient (Wildman–Crippen LogP) is 2.20. The normalized spacial score (nSPS) is 19.8. The lowest BCUT2D eigenvalue weighted by molar-refractivity contribution is 0.427. The van der Waals surface area contributed by atoms with Crippen LogP contribution >= 0.6 is 0 Å². The smallest absolute Gasteiger partial charge is 0.129 e. The highest BCUT2D eigenvalue weighted by Gasteiger charge is 2.25. The molecule has 0 bridgehead atoms. The van der Waals surface area contributed by atoms with Gasteiger partial charge in [-0.25, -0.2) is 9.37 Å². The molecule has 0 amide bonds. The summed E-state index contributed by atoms with van der Waals surface area (Å²) < 4.78 is 12.8. The van der Waals surface area contributed by atoms with Crippen molar-refractivity contribution in [2.24, 2.45) is 0 Å². The van der Waals surface area contributed by atoms with E-state index < -0.39 is 0 Å². The highest BCUT2D eigenvalue weighted by molar-refractivity contribution is 5.46. The lowest BCUT2D eigenvalue weighted by Gasteiger charge is -2.23. The van der Waals surface area contributed by atoms with E-state index in [1.165, 1.54) is 0 Å². The van der Waals surface area contributed by atoms with Crippen LogP contribution in [-0.4, -0.2) is 24.2 Å². The van der Waals surface area contributed by atoms with Gasteiger partial charge in [0.05, 0.1) is 17.3 Å². The maximum atomic E-state index is 12.8. The number of pyridine rings is 1. The van der Waals surface area contributed by atoms with E-state index in [-0.39, 0.29) is 12.7 Å². The predicted molar refractivity (Wildman–Crippen MR) is 60.0 cm³/mol. The summed E-state index contributed by atoms with van der Waals surface area (Å²) >= 11 is 0. The Bertz CT molecular complexity index is 425. The van der Waals surface area contributed by atoms with Crippen molar-refractivity contribution in [3.05, 3.63) is 23.4 Å². The van der Waals surface area contributed by atoms with Crippen molar-refractivity contribution in [1.29, 1.82) is 5.26 Å². The molecule has 1 fully saturated rings. The summed E-state index contributed by atoms with van der Waals surface area (Å²) in [6.45, 7) is 2.33. The van der Waals surface area contributed by atoms with E-state index >= 15 is 0 Å². The molecule has 1 aromatic rings. The molecule has 1 aromatic heterocycles. The molecule has 0 aromatic carbocycles. The Morgan fingerprint density at radius 2 is 2.44 bits per heavy atom. The molecule has 1 aliphatic heterocycles. The molecule has 0 saturated carbocycles. The number of aromatic nitrogens is 1. The monoisotopic (exact) mass is 219 g/mol. The lowest BCUT2D eigenvalue weighted by Crippen LogP contribution is -2.31. The second-order valence-corrected chi connectivity index (χ2v) is 4.06. The Labute approximate surface area is 94.5 Å². The highest BCUT2D eigenvalue weighted by atomic mass is 19.1. The van der Waals surface area contributed by atoms with Gasteiger partial charge in [-0.05, 0) is 31.9 Å². The Balaban J connectivity index is 2.28. The lowest BCUT2D eigenvalue weighted by atomic mass is 10.2. The zero-order valence-electron chi connectivity index (χ0n) is 9.28. The highest BCUT2D eigenvalue weighted by Crippen LogP contribution is 2.24. The number of anilines is 1. The largest absolute Gasteiger partial charge is 0.351 e. The third kappa shape index (κ3) is 1.85. The maximum absolute atomic E-state index is 12.8. The number of alkyl halides is 1. The fourth-order valence-corrected chi connectivity index (χ4v) is 2.12. The topological polar surface area (TPSA) is 39.9 Å². The van der Waals surface area contributed by atoms with Gasteiger partial charge in [0.25, 0.3) is 0 Å². The Hall–Kier alpha value is -1.63. The summed E-state index contributed by atoms with van der Waals surface area (Å²) in [4.78, 5) is 6.36. The van der Waals surface area contributed by atoms with Crippen molar-refractivity contribution in [2.75, 3.05) is 18.1 Å². The third-order valence-electron chi connectivity index (χ3n) is 3.04. The molecule has 0 unspecified atom stereocenters. The van der Waals surface area contributed by atoms with Crippen molar-refractivity contribution >= 4 is 5.82 Å². The van der Waals surface area contributed by atoms with Crippen molar-refractivity contribution < 1.29 is 4.39 Å². The number of aryl methyl sites for hydroxylation is 1. The van der Waals surface area contributed by atoms with Gasteiger partial charge in [0, 0.05) is 6.54 Å². The zero-order valence-corrected chi connectivity index (χ0v) is 9.28. The first-order valence-corrected chi connectivity index (χ1v) is 5.46. The fraction of sp³-hybridized carbons (Fsp3) is 0.500. The average molecular weight is 219 g/mol. The van der Waals surface area contributed by atoms with Crippen molar-refractivity contribution in [2.45, 2.75) is 25.8 Å². The molecular weight excluding hydrogens is 205 g/mol. The van der Waals surface area contributed by atoms with Crippen LogP contribution in [0.15, 0.2) is 12.1 Å². The van der Waals surface area contributed by atoms with E-state index in [4.69, 9.17) is 5.26 Å². The average Bonchev–Trinajstić information content (AvgIpc) is 2.77. The standard InChI is InChI=1S/C12H14FN3/c1-9-10(8-14)4-5-12(15-9)16-6-2-3-11(16)7-13/h4-5,11H,2-3,6-7H2,1H3/t11-/m0/s1. The van der Waals surface area contributed by atoms with Crippen LogP contribution in [0.1, 0.15) is 24.1 Å². The molecule has 0 radical (unpaired) electrons. The molecule has 0 aliphatic carbocycles. The summed E-state index contributed by atoms with van der Waals surface area (Å²) in [5.74, 6) is 0.789. The summed E-state index contributed by atoms with van der Waals surface area (Å²) in [6.07, 6.45) is 1.90. The number of nitriles is 1. The van der Waals surface area contributed by atoms with Crippen LogP contribution in [0, 0.1) is 18.3 Å². The second-order valence-electron chi connectivity index (χ2n) is 4.06. The summed E-state index contributed by atoms with van der Waals surface area (Å²) in [6, 6.07) is 5.60. The Morgan fingerprint density at radius 3 is 3.06 bits per heavy atom. The molecule has 1 saturated heterocycles. The van der Waals surface area contributed by atoms with Gasteiger partial charge in [0.2, 0.25) is 0 Å². The van der Waals surface area contributed by atoms with Gasteiger partial charge in [0.1, 0.15) is 18.6 Å². The summed E-state index contributed by atoms with van der Waals surface area (Å²) in [5, 5.41) is 8.81. The SMILES string of the molecule is Cc1nc(N2CCC[C@H]2CF)ccc1C#N. The van der Waals surface area contributed by atoms with E-state index in [1.807, 2.05) is 11.8 Å². The van der Waals surface area contributed by atoms with Gasteiger partial charge in [-0.15, -0.1) is 0 Å². The summed E-state index contributed by atoms with van der Waals surface area (Å²) in [5.41, 5.74) is 1.30. The van der Waals surface area contributed by atoms with Crippen LogP contribution in [-0.2, 0) is 0 Å². The van der Waals surface area contributed by atoms with E-state index in [1.54, 1.807) is 12.1 Å². The van der Waals surface area contributed by atoms with Crippen LogP contribution in [0.4, 0.5) is 10.2 Å². The molecule has 0 N–H and O–H groups in total. The minimum atomic E-state index is -0.333. The van der Waals surface area contributed by atoms with Gasteiger partial charge in [-0.3, -0.25) is 0 Å². The first kappa shape index (κ1) is 10.9. The second kappa shape index (κ2) is 4.48. The van der Waals surface area contributed by atoms with Gasteiger partial charge in [-0.2, -0.15) is 5.26 Å². The van der Waals surface area contributed by atoms with Crippen LogP contribution in [0.5, 0.6) is 0 Å². The van der Waals surface area contributed by atoms with Gasteiger partial charge < -0.3 is 4.90 Å². The number of hydrogen-bond donors (Lipinski definition) is 0. The third-order valence-corrected chi connectivity index (χ3v) is 3.04. The van der Waals surface area contributed by atoms with Gasteiger partial charge >= 0.3 is 0 Å². The molecule has 16 heavy (non-hydrogen) atoms. The van der Waals surface area contributed by atoms with Gasteiger partial charge in [-0.1, -0.05) is 0 Å². The van der Waals surface area contributed by atoms with Crippen LogP contribution in [0.25, 0.3) is 0 Å². The first-order chi connectivity index (χ1) is 7.76. The molecule has 0 spiro atoms. The molecule has 84 valence electrons. The Kier molecular flexibility index (Phi) is 3.04. The molecule has 1 atom stereocenters. The van der Waals surface area contributed by atoms with E-state index in [2.05, 4.69) is 11.1 Å². The van der Waals surface area contributed by atoms with Crippen LogP contribution in [0.2, 0.25) is 0 Å². The molecule has 1 aliphatic rings. The Morgan fingerprint density at radius 1 is 1.62 bits per heavy atom. The molecule has 2 rings (SSSR count). The van der Waals surface area contributed by atoms with E-state index in [9.17, 15) is 4.39 Å². The van der Waals surface area contributed by atoms with E-state index in [0.29, 0.717) is 11.3 Å². The van der Waals surface area contributed by atoms with E-state index in [0.717, 1.165) is 25.2 Å². The molecule has 2 heterocycles. The number of nitrogens with zero attached hydrogens (tertiary/aromatic N) is 3. The molecular formula is C12H14FN3. The quantitative estimate of drug-likeness (QED) is 0.765. The minimum absolute atomic E-state index is 0.0418. The minimum Gasteiger partial charge on any atom is -0.351 e. The number of halogens is 1. The summed E-state index contributed by atoms with van der Waals surface area (Å²) in [7, 11) is 0. The zero-order chi connectivity index (χ0) is 11.5. The number of rotatable bonds is 2. The van der Waals surface area contributed by atoms with Gasteiger partial charge in [0.15, 0.2) is 0 Å². The number of hydrogen-bond acceptors (Lipinski definition) is 3. The van der Waals surface area contributed by atoms with Crippen molar-refractivity contribution in [1.82, 2.24) is 4.98 Å². The first-order valence-electron chi connectivity index (χ1n) is 5.46. The van der Waals surface area contributed by atoms with Crippen molar-refractivity contribution in [3.8, 4) is 6.07 Å². The molecule has 3 nitrogen and oxygen atoms in total.